The first-order chi connectivity index (χ1) is 10.1. The van der Waals surface area contributed by atoms with Gasteiger partial charge in [-0.1, -0.05) is 12.1 Å². The number of aryl methyl sites for hydroxylation is 1. The van der Waals surface area contributed by atoms with Gasteiger partial charge >= 0.3 is 12.0 Å². The molecule has 0 saturated carbocycles. The van der Waals surface area contributed by atoms with Crippen LogP contribution in [-0.4, -0.2) is 27.3 Å². The number of aromatic amines is 1. The molecule has 1 heterocycles. The molecule has 0 aliphatic rings. The van der Waals surface area contributed by atoms with Gasteiger partial charge < -0.3 is 15.7 Å². The molecule has 0 fully saturated rings. The van der Waals surface area contributed by atoms with Gasteiger partial charge in [-0.15, -0.1) is 0 Å². The van der Waals surface area contributed by atoms with E-state index in [4.69, 9.17) is 5.11 Å². The lowest BCUT2D eigenvalue weighted by Crippen LogP contribution is -2.27. The molecule has 4 N–H and O–H groups in total. The van der Waals surface area contributed by atoms with Crippen LogP contribution in [0.1, 0.15) is 17.5 Å². The van der Waals surface area contributed by atoms with E-state index >= 15 is 0 Å². The van der Waals surface area contributed by atoms with E-state index < -0.39 is 5.97 Å². The molecule has 21 heavy (non-hydrogen) atoms. The Hall–Kier alpha value is -2.83. The lowest BCUT2D eigenvalue weighted by atomic mass is 10.1. The number of hydrogen-bond donors (Lipinski definition) is 4. The molecular formula is C14H16N4O3. The van der Waals surface area contributed by atoms with Crippen LogP contribution in [0.3, 0.4) is 0 Å². The SMILES string of the molecule is O=C(O)CCc1ccc(NC(=O)NCc2cn[nH]c2)cc1. The number of carboxylic acids is 1. The number of carbonyl (C=O) groups excluding carboxylic acids is 1. The number of carboxylic acid groups (broad SMARTS) is 1. The Labute approximate surface area is 121 Å². The largest absolute Gasteiger partial charge is 0.481 e. The molecule has 1 aromatic carbocycles. The van der Waals surface area contributed by atoms with Crippen molar-refractivity contribution in [1.82, 2.24) is 15.5 Å². The van der Waals surface area contributed by atoms with Crippen molar-refractivity contribution in [3.63, 3.8) is 0 Å². The van der Waals surface area contributed by atoms with Crippen LogP contribution in [-0.2, 0) is 17.8 Å². The molecule has 0 atom stereocenters. The third-order valence-electron chi connectivity index (χ3n) is 2.85. The number of amides is 2. The standard InChI is InChI=1S/C14H16N4O3/c19-13(20)6-3-10-1-4-12(5-2-10)18-14(21)15-7-11-8-16-17-9-11/h1-2,4-5,8-9H,3,6-7H2,(H,16,17)(H,19,20)(H2,15,18,21). The second kappa shape index (κ2) is 7.09. The molecule has 0 radical (unpaired) electrons. The highest BCUT2D eigenvalue weighted by Crippen LogP contribution is 2.11. The van der Waals surface area contributed by atoms with Gasteiger partial charge in [0.25, 0.3) is 0 Å². The van der Waals surface area contributed by atoms with Crippen molar-refractivity contribution in [3.05, 3.63) is 47.8 Å². The maximum Gasteiger partial charge on any atom is 0.319 e. The van der Waals surface area contributed by atoms with Crippen molar-refractivity contribution in [3.8, 4) is 0 Å². The minimum Gasteiger partial charge on any atom is -0.481 e. The van der Waals surface area contributed by atoms with Crippen molar-refractivity contribution in [2.75, 3.05) is 5.32 Å². The summed E-state index contributed by atoms with van der Waals surface area (Å²) in [4.78, 5) is 22.2. The normalized spacial score (nSPS) is 10.1. The van der Waals surface area contributed by atoms with Gasteiger partial charge in [0.1, 0.15) is 0 Å². The fraction of sp³-hybridized carbons (Fsp3) is 0.214. The van der Waals surface area contributed by atoms with Gasteiger partial charge in [-0.3, -0.25) is 9.89 Å². The summed E-state index contributed by atoms with van der Waals surface area (Å²) in [5.41, 5.74) is 2.45. The highest BCUT2D eigenvalue weighted by molar-refractivity contribution is 5.89. The number of urea groups is 1. The van der Waals surface area contributed by atoms with Gasteiger partial charge in [0.15, 0.2) is 0 Å². The Morgan fingerprint density at radius 3 is 2.57 bits per heavy atom. The first-order valence-corrected chi connectivity index (χ1v) is 6.47. The fourth-order valence-corrected chi connectivity index (χ4v) is 1.74. The lowest BCUT2D eigenvalue weighted by molar-refractivity contribution is -0.136. The number of anilines is 1. The van der Waals surface area contributed by atoms with E-state index in [9.17, 15) is 9.59 Å². The van der Waals surface area contributed by atoms with E-state index in [0.29, 0.717) is 18.7 Å². The highest BCUT2D eigenvalue weighted by Gasteiger charge is 2.03. The van der Waals surface area contributed by atoms with E-state index in [0.717, 1.165) is 11.1 Å². The van der Waals surface area contributed by atoms with Gasteiger partial charge in [-0.25, -0.2) is 4.79 Å². The summed E-state index contributed by atoms with van der Waals surface area (Å²) in [5.74, 6) is -0.823. The zero-order chi connectivity index (χ0) is 15.1. The van der Waals surface area contributed by atoms with E-state index in [1.807, 2.05) is 0 Å². The molecular weight excluding hydrogens is 272 g/mol. The van der Waals surface area contributed by atoms with Crippen LogP contribution in [0, 0.1) is 0 Å². The third-order valence-corrected chi connectivity index (χ3v) is 2.85. The second-order valence-corrected chi connectivity index (χ2v) is 4.50. The van der Waals surface area contributed by atoms with Gasteiger partial charge in [0, 0.05) is 30.4 Å². The summed E-state index contributed by atoms with van der Waals surface area (Å²) in [6.07, 6.45) is 3.91. The molecule has 7 nitrogen and oxygen atoms in total. The molecule has 0 aliphatic carbocycles. The summed E-state index contributed by atoms with van der Waals surface area (Å²) in [6.45, 7) is 0.388. The monoisotopic (exact) mass is 288 g/mol. The predicted octanol–water partition coefficient (Wildman–Crippen LogP) is 1.75. The topological polar surface area (TPSA) is 107 Å². The van der Waals surface area contributed by atoms with Crippen LogP contribution < -0.4 is 10.6 Å². The maximum absolute atomic E-state index is 11.7. The number of aliphatic carboxylic acids is 1. The van der Waals surface area contributed by atoms with Crippen molar-refractivity contribution < 1.29 is 14.7 Å². The third kappa shape index (κ3) is 4.98. The number of hydrogen-bond acceptors (Lipinski definition) is 3. The Balaban J connectivity index is 1.79. The predicted molar refractivity (Wildman–Crippen MR) is 76.8 cm³/mol. The zero-order valence-corrected chi connectivity index (χ0v) is 11.3. The van der Waals surface area contributed by atoms with Crippen LogP contribution in [0.25, 0.3) is 0 Å². The van der Waals surface area contributed by atoms with Crippen molar-refractivity contribution in [2.45, 2.75) is 19.4 Å². The Morgan fingerprint density at radius 2 is 1.95 bits per heavy atom. The number of nitrogens with zero attached hydrogens (tertiary/aromatic N) is 1. The number of carbonyl (C=O) groups is 2. The highest BCUT2D eigenvalue weighted by atomic mass is 16.4. The van der Waals surface area contributed by atoms with Crippen molar-refractivity contribution in [1.29, 1.82) is 0 Å². The Bertz CT molecular complexity index is 593. The second-order valence-electron chi connectivity index (χ2n) is 4.50. The molecule has 0 spiro atoms. The summed E-state index contributed by atoms with van der Waals surface area (Å²) < 4.78 is 0. The molecule has 0 aliphatic heterocycles. The van der Waals surface area contributed by atoms with Crippen LogP contribution in [0.2, 0.25) is 0 Å². The molecule has 1 aromatic heterocycles. The van der Waals surface area contributed by atoms with Crippen LogP contribution in [0.4, 0.5) is 10.5 Å². The summed E-state index contributed by atoms with van der Waals surface area (Å²) in [5, 5.41) is 20.5. The summed E-state index contributed by atoms with van der Waals surface area (Å²) in [7, 11) is 0. The van der Waals surface area contributed by atoms with Crippen LogP contribution in [0.5, 0.6) is 0 Å². The van der Waals surface area contributed by atoms with E-state index in [-0.39, 0.29) is 12.5 Å². The Morgan fingerprint density at radius 1 is 1.19 bits per heavy atom. The molecule has 0 bridgehead atoms. The minimum absolute atomic E-state index is 0.0952. The van der Waals surface area contributed by atoms with E-state index in [2.05, 4.69) is 20.8 Å². The molecule has 2 amide bonds. The maximum atomic E-state index is 11.7. The first-order valence-electron chi connectivity index (χ1n) is 6.47. The number of H-pyrrole nitrogens is 1. The van der Waals surface area contributed by atoms with E-state index in [1.54, 1.807) is 36.7 Å². The number of aromatic nitrogens is 2. The fourth-order valence-electron chi connectivity index (χ4n) is 1.74. The zero-order valence-electron chi connectivity index (χ0n) is 11.3. The molecule has 0 saturated heterocycles. The minimum atomic E-state index is -0.823. The molecule has 2 rings (SSSR count). The van der Waals surface area contributed by atoms with Gasteiger partial charge in [0.2, 0.25) is 0 Å². The summed E-state index contributed by atoms with van der Waals surface area (Å²) in [6, 6.07) is 6.78. The number of nitrogens with one attached hydrogen (secondary N) is 3. The van der Waals surface area contributed by atoms with Crippen molar-refractivity contribution in [2.24, 2.45) is 0 Å². The number of benzene rings is 1. The molecule has 2 aromatic rings. The van der Waals surface area contributed by atoms with Crippen LogP contribution in [0.15, 0.2) is 36.7 Å². The van der Waals surface area contributed by atoms with E-state index in [1.165, 1.54) is 0 Å². The summed E-state index contributed by atoms with van der Waals surface area (Å²) >= 11 is 0. The van der Waals surface area contributed by atoms with Crippen LogP contribution >= 0.6 is 0 Å². The van der Waals surface area contributed by atoms with Gasteiger partial charge in [-0.05, 0) is 24.1 Å². The molecule has 7 heteroatoms. The lowest BCUT2D eigenvalue weighted by Gasteiger charge is -2.07. The van der Waals surface area contributed by atoms with Gasteiger partial charge in [-0.2, -0.15) is 5.10 Å². The first kappa shape index (κ1) is 14.6. The quantitative estimate of drug-likeness (QED) is 0.649. The average Bonchev–Trinajstić information content (AvgIpc) is 2.98. The molecule has 110 valence electrons. The Kier molecular flexibility index (Phi) is 4.92. The smallest absolute Gasteiger partial charge is 0.319 e. The van der Waals surface area contributed by atoms with Crippen molar-refractivity contribution >= 4 is 17.7 Å². The molecule has 0 unspecified atom stereocenters. The van der Waals surface area contributed by atoms with Gasteiger partial charge in [0.05, 0.1) is 6.20 Å². The average molecular weight is 288 g/mol. The number of rotatable bonds is 6.